The second kappa shape index (κ2) is 6.04. The Bertz CT molecular complexity index is 1030. The second-order valence-corrected chi connectivity index (χ2v) is 8.64. The second-order valence-electron chi connectivity index (χ2n) is 6.52. The molecule has 0 aromatic heterocycles. The van der Waals surface area contributed by atoms with Gasteiger partial charge in [0, 0.05) is 16.1 Å². The molecule has 1 N–H and O–H groups in total. The quantitative estimate of drug-likeness (QED) is 0.592. The highest BCUT2D eigenvalue weighted by Crippen LogP contribution is 2.49. The SMILES string of the molecule is c1ccc2c(c1)NC(c1ccc3c(c1)OC(c1ccc4c(c1)SCO4)O3)S2. The molecule has 2 unspecified atom stereocenters. The van der Waals surface area contributed by atoms with Crippen LogP contribution in [0.3, 0.4) is 0 Å². The number of benzene rings is 3. The van der Waals surface area contributed by atoms with Crippen molar-refractivity contribution >= 4 is 29.2 Å². The van der Waals surface area contributed by atoms with Gasteiger partial charge < -0.3 is 19.5 Å². The van der Waals surface area contributed by atoms with Crippen LogP contribution in [0.15, 0.2) is 70.5 Å². The molecule has 0 saturated heterocycles. The number of para-hydroxylation sites is 1. The third-order valence-corrected chi connectivity index (χ3v) is 6.93. The number of anilines is 1. The van der Waals surface area contributed by atoms with Crippen LogP contribution in [0, 0.1) is 0 Å². The summed E-state index contributed by atoms with van der Waals surface area (Å²) in [5.74, 6) is 3.18. The van der Waals surface area contributed by atoms with Crippen LogP contribution >= 0.6 is 23.5 Å². The molecular weight excluding hydrogens is 378 g/mol. The molecule has 3 aromatic carbocycles. The van der Waals surface area contributed by atoms with Gasteiger partial charge in [-0.15, -0.1) is 0 Å². The van der Waals surface area contributed by atoms with Gasteiger partial charge in [-0.1, -0.05) is 41.7 Å². The number of thioether (sulfide) groups is 2. The average Bonchev–Trinajstić information content (AvgIpc) is 3.42. The van der Waals surface area contributed by atoms with Crippen LogP contribution < -0.4 is 19.5 Å². The molecule has 4 nitrogen and oxygen atoms in total. The molecule has 3 heterocycles. The first-order valence-electron chi connectivity index (χ1n) is 8.72. The molecule has 2 atom stereocenters. The van der Waals surface area contributed by atoms with Crippen molar-refractivity contribution in [3.63, 3.8) is 0 Å². The number of hydrogen-bond acceptors (Lipinski definition) is 6. The van der Waals surface area contributed by atoms with Gasteiger partial charge in [-0.05, 0) is 48.0 Å². The summed E-state index contributed by atoms with van der Waals surface area (Å²) in [7, 11) is 0. The van der Waals surface area contributed by atoms with E-state index in [2.05, 4.69) is 47.8 Å². The maximum absolute atomic E-state index is 6.12. The average molecular weight is 393 g/mol. The summed E-state index contributed by atoms with van der Waals surface area (Å²) in [6.07, 6.45) is -0.414. The van der Waals surface area contributed by atoms with Crippen LogP contribution in [-0.4, -0.2) is 5.94 Å². The first-order chi connectivity index (χ1) is 13.3. The van der Waals surface area contributed by atoms with E-state index >= 15 is 0 Å². The van der Waals surface area contributed by atoms with Crippen molar-refractivity contribution in [3.05, 3.63) is 71.8 Å². The molecule has 0 radical (unpaired) electrons. The molecule has 27 heavy (non-hydrogen) atoms. The molecule has 3 aliphatic heterocycles. The summed E-state index contributed by atoms with van der Waals surface area (Å²) in [6, 6.07) is 20.7. The molecule has 0 amide bonds. The molecule has 0 saturated carbocycles. The summed E-state index contributed by atoms with van der Waals surface area (Å²) in [5, 5.41) is 3.75. The predicted octanol–water partition coefficient (Wildman–Crippen LogP) is 5.82. The number of ether oxygens (including phenoxy) is 3. The maximum atomic E-state index is 6.12. The fourth-order valence-corrected chi connectivity index (χ4v) is 5.40. The van der Waals surface area contributed by atoms with Gasteiger partial charge in [0.05, 0.1) is 4.90 Å². The van der Waals surface area contributed by atoms with Gasteiger partial charge in [0.1, 0.15) is 17.1 Å². The van der Waals surface area contributed by atoms with Crippen LogP contribution in [-0.2, 0) is 0 Å². The highest BCUT2D eigenvalue weighted by molar-refractivity contribution is 8.00. The van der Waals surface area contributed by atoms with Crippen molar-refractivity contribution in [2.24, 2.45) is 0 Å². The molecule has 0 bridgehead atoms. The molecule has 0 spiro atoms. The van der Waals surface area contributed by atoms with Crippen LogP contribution in [0.5, 0.6) is 17.2 Å². The summed E-state index contributed by atoms with van der Waals surface area (Å²) in [5.41, 5.74) is 3.36. The van der Waals surface area contributed by atoms with Crippen LogP contribution in [0.1, 0.15) is 22.8 Å². The van der Waals surface area contributed by atoms with E-state index in [1.807, 2.05) is 30.0 Å². The molecule has 6 rings (SSSR count). The van der Waals surface area contributed by atoms with Gasteiger partial charge >= 0.3 is 0 Å². The van der Waals surface area contributed by atoms with E-state index in [0.29, 0.717) is 5.94 Å². The Morgan fingerprint density at radius 2 is 1.67 bits per heavy atom. The van der Waals surface area contributed by atoms with Gasteiger partial charge in [-0.25, -0.2) is 0 Å². The zero-order chi connectivity index (χ0) is 17.8. The summed E-state index contributed by atoms with van der Waals surface area (Å²) >= 11 is 3.51. The Morgan fingerprint density at radius 1 is 0.815 bits per heavy atom. The Balaban J connectivity index is 1.25. The number of fused-ring (bicyclic) bond motifs is 3. The van der Waals surface area contributed by atoms with Gasteiger partial charge in [-0.2, -0.15) is 0 Å². The molecule has 0 aliphatic carbocycles. The number of nitrogens with one attached hydrogen (secondary N) is 1. The fourth-order valence-electron chi connectivity index (χ4n) is 3.47. The lowest BCUT2D eigenvalue weighted by Crippen LogP contribution is -2.07. The van der Waals surface area contributed by atoms with Gasteiger partial charge in [0.2, 0.25) is 0 Å². The predicted molar refractivity (Wildman–Crippen MR) is 107 cm³/mol. The van der Waals surface area contributed by atoms with E-state index in [-0.39, 0.29) is 5.37 Å². The van der Waals surface area contributed by atoms with Crippen molar-refractivity contribution in [2.75, 3.05) is 11.3 Å². The minimum absolute atomic E-state index is 0.184. The third-order valence-electron chi connectivity index (χ3n) is 4.83. The molecular formula is C21H15NO3S2. The zero-order valence-corrected chi connectivity index (χ0v) is 15.8. The largest absolute Gasteiger partial charge is 0.481 e. The molecule has 3 aliphatic rings. The van der Waals surface area contributed by atoms with E-state index in [9.17, 15) is 0 Å². The monoisotopic (exact) mass is 393 g/mol. The van der Waals surface area contributed by atoms with Gasteiger partial charge in [0.25, 0.3) is 6.29 Å². The van der Waals surface area contributed by atoms with Crippen molar-refractivity contribution in [1.29, 1.82) is 0 Å². The number of hydrogen-bond donors (Lipinski definition) is 1. The third kappa shape index (κ3) is 2.63. The minimum atomic E-state index is -0.414. The highest BCUT2D eigenvalue weighted by Gasteiger charge is 2.30. The summed E-state index contributed by atoms with van der Waals surface area (Å²) in [4.78, 5) is 2.41. The minimum Gasteiger partial charge on any atom is -0.481 e. The van der Waals surface area contributed by atoms with Crippen molar-refractivity contribution in [2.45, 2.75) is 21.5 Å². The number of rotatable bonds is 2. The van der Waals surface area contributed by atoms with Crippen molar-refractivity contribution in [3.8, 4) is 17.2 Å². The molecule has 3 aromatic rings. The lowest BCUT2D eigenvalue weighted by Gasteiger charge is -2.12. The topological polar surface area (TPSA) is 39.7 Å². The van der Waals surface area contributed by atoms with Gasteiger partial charge in [0.15, 0.2) is 11.5 Å². The standard InChI is InChI=1S/C21H15NO3S2/c1-2-4-18-14(3-1)22-20(27-18)12-5-7-15-17(9-12)25-21(24-15)13-6-8-16-19(10-13)26-11-23-16/h1-10,20-22H,11H2. The lowest BCUT2D eigenvalue weighted by atomic mass is 10.2. The smallest absolute Gasteiger partial charge is 0.268 e. The lowest BCUT2D eigenvalue weighted by molar-refractivity contribution is 0.0485. The molecule has 6 heteroatoms. The van der Waals surface area contributed by atoms with E-state index in [1.165, 1.54) is 16.1 Å². The normalized spacial score (nSPS) is 21.3. The van der Waals surface area contributed by atoms with Crippen molar-refractivity contribution < 1.29 is 14.2 Å². The van der Waals surface area contributed by atoms with Crippen LogP contribution in [0.25, 0.3) is 0 Å². The Hall–Kier alpha value is -2.44. The van der Waals surface area contributed by atoms with E-state index in [4.69, 9.17) is 14.2 Å². The molecule has 134 valence electrons. The van der Waals surface area contributed by atoms with E-state index in [0.717, 1.165) is 27.7 Å². The first-order valence-corrected chi connectivity index (χ1v) is 10.6. The molecule has 0 fully saturated rings. The van der Waals surface area contributed by atoms with Crippen LogP contribution in [0.4, 0.5) is 5.69 Å². The zero-order valence-electron chi connectivity index (χ0n) is 14.2. The summed E-state index contributed by atoms with van der Waals surface area (Å²) in [6.45, 7) is 0. The Labute approximate surface area is 165 Å². The van der Waals surface area contributed by atoms with Crippen molar-refractivity contribution in [1.82, 2.24) is 0 Å². The Kier molecular flexibility index (Phi) is 3.49. The highest BCUT2D eigenvalue weighted by atomic mass is 32.2. The Morgan fingerprint density at radius 3 is 2.63 bits per heavy atom. The van der Waals surface area contributed by atoms with Crippen LogP contribution in [0.2, 0.25) is 0 Å². The maximum Gasteiger partial charge on any atom is 0.268 e. The van der Waals surface area contributed by atoms with Gasteiger partial charge in [-0.3, -0.25) is 0 Å². The van der Waals surface area contributed by atoms with E-state index < -0.39 is 6.29 Å². The first kappa shape index (κ1) is 15.6. The van der Waals surface area contributed by atoms with E-state index in [1.54, 1.807) is 11.8 Å². The summed E-state index contributed by atoms with van der Waals surface area (Å²) < 4.78 is 17.7. The fraction of sp³-hybridized carbons (Fsp3) is 0.143.